The maximum absolute atomic E-state index is 14.8. The highest BCUT2D eigenvalue weighted by Gasteiger charge is 2.43. The van der Waals surface area contributed by atoms with E-state index in [1.165, 1.54) is 12.8 Å². The van der Waals surface area contributed by atoms with Gasteiger partial charge in [0, 0.05) is 18.3 Å². The van der Waals surface area contributed by atoms with Gasteiger partial charge in [0.1, 0.15) is 16.5 Å². The van der Waals surface area contributed by atoms with Crippen LogP contribution in [-0.2, 0) is 16.4 Å². The molecular weight excluding hydrogens is 427 g/mol. The molecule has 2 N–H and O–H groups in total. The summed E-state index contributed by atoms with van der Waals surface area (Å²) in [7, 11) is -4.16. The summed E-state index contributed by atoms with van der Waals surface area (Å²) < 4.78 is 42.4. The molecular formula is C21H26ClFN4O2S. The molecule has 0 bridgehead atoms. The summed E-state index contributed by atoms with van der Waals surface area (Å²) in [5, 5.41) is 3.43. The molecule has 0 aliphatic carbocycles. The Labute approximate surface area is 181 Å². The number of hydrogen-bond acceptors (Lipinski definition) is 5. The van der Waals surface area contributed by atoms with Crippen LogP contribution in [0.5, 0.6) is 0 Å². The standard InChI is InChI=1S/C21H26ClFN4O2S/c1-2-15-5-6-20(24-13-15)26-30(28,29)19-11-16(22)18(12-17(19)23)25-14-21-7-3-9-27(21)10-4-8-21/h5-6,11-13,25H,2-4,7-10,14H2,1H3,(H,24,26). The van der Waals surface area contributed by atoms with E-state index < -0.39 is 20.7 Å². The third kappa shape index (κ3) is 4.13. The lowest BCUT2D eigenvalue weighted by molar-refractivity contribution is 0.209. The van der Waals surface area contributed by atoms with Gasteiger partial charge in [-0.15, -0.1) is 0 Å². The van der Waals surface area contributed by atoms with Crippen LogP contribution in [0.15, 0.2) is 35.4 Å². The molecule has 3 heterocycles. The average molecular weight is 453 g/mol. The molecule has 6 nitrogen and oxygen atoms in total. The molecule has 0 atom stereocenters. The van der Waals surface area contributed by atoms with Crippen molar-refractivity contribution in [2.75, 3.05) is 29.7 Å². The van der Waals surface area contributed by atoms with Crippen molar-refractivity contribution in [2.24, 2.45) is 0 Å². The van der Waals surface area contributed by atoms with Gasteiger partial charge in [0.2, 0.25) is 0 Å². The number of anilines is 2. The number of aryl methyl sites for hydroxylation is 1. The highest BCUT2D eigenvalue weighted by molar-refractivity contribution is 7.92. The van der Waals surface area contributed by atoms with E-state index in [1.807, 2.05) is 6.92 Å². The maximum Gasteiger partial charge on any atom is 0.266 e. The first kappa shape index (κ1) is 21.3. The predicted octanol–water partition coefficient (Wildman–Crippen LogP) is 4.28. The van der Waals surface area contributed by atoms with Crippen molar-refractivity contribution in [2.45, 2.75) is 49.5 Å². The molecule has 0 spiro atoms. The Balaban J connectivity index is 1.51. The molecule has 162 valence electrons. The Morgan fingerprint density at radius 2 is 1.97 bits per heavy atom. The summed E-state index contributed by atoms with van der Waals surface area (Å²) in [5.41, 5.74) is 1.49. The summed E-state index contributed by atoms with van der Waals surface area (Å²) in [4.78, 5) is 6.06. The van der Waals surface area contributed by atoms with Crippen LogP contribution < -0.4 is 10.0 Å². The van der Waals surface area contributed by atoms with Crippen LogP contribution >= 0.6 is 11.6 Å². The average Bonchev–Trinajstić information content (AvgIpc) is 3.29. The van der Waals surface area contributed by atoms with Crippen molar-refractivity contribution < 1.29 is 12.8 Å². The lowest BCUT2D eigenvalue weighted by Gasteiger charge is -2.32. The number of rotatable bonds is 7. The number of sulfonamides is 1. The first-order valence-corrected chi connectivity index (χ1v) is 12.1. The number of fused-ring (bicyclic) bond motifs is 1. The fraction of sp³-hybridized carbons (Fsp3) is 0.476. The summed E-state index contributed by atoms with van der Waals surface area (Å²) in [6, 6.07) is 5.64. The third-order valence-corrected chi connectivity index (χ3v) is 7.88. The zero-order valence-corrected chi connectivity index (χ0v) is 18.5. The van der Waals surface area contributed by atoms with Gasteiger partial charge in [-0.1, -0.05) is 24.6 Å². The summed E-state index contributed by atoms with van der Waals surface area (Å²) >= 11 is 6.33. The minimum absolute atomic E-state index is 0.0996. The zero-order chi connectivity index (χ0) is 21.4. The van der Waals surface area contributed by atoms with Crippen molar-refractivity contribution in [1.29, 1.82) is 0 Å². The van der Waals surface area contributed by atoms with E-state index in [-0.39, 0.29) is 16.4 Å². The Morgan fingerprint density at radius 3 is 2.60 bits per heavy atom. The van der Waals surface area contributed by atoms with Crippen LogP contribution in [0, 0.1) is 5.82 Å². The van der Waals surface area contributed by atoms with Crippen molar-refractivity contribution in [3.63, 3.8) is 0 Å². The number of benzene rings is 1. The Hall–Kier alpha value is -1.90. The first-order valence-electron chi connectivity index (χ1n) is 10.3. The molecule has 2 saturated heterocycles. The van der Waals surface area contributed by atoms with Gasteiger partial charge in [0.05, 0.1) is 10.7 Å². The van der Waals surface area contributed by atoms with Gasteiger partial charge in [0.15, 0.2) is 0 Å². The molecule has 2 aliphatic rings. The molecule has 2 aliphatic heterocycles. The maximum atomic E-state index is 14.8. The van der Waals surface area contributed by atoms with Gasteiger partial charge in [0.25, 0.3) is 10.0 Å². The van der Waals surface area contributed by atoms with Gasteiger partial charge in [-0.2, -0.15) is 0 Å². The highest BCUT2D eigenvalue weighted by Crippen LogP contribution is 2.39. The van der Waals surface area contributed by atoms with Gasteiger partial charge < -0.3 is 5.32 Å². The molecule has 2 aromatic rings. The molecule has 2 fully saturated rings. The summed E-state index contributed by atoms with van der Waals surface area (Å²) in [6.07, 6.45) is 6.93. The number of hydrogen-bond donors (Lipinski definition) is 2. The van der Waals surface area contributed by atoms with Gasteiger partial charge >= 0.3 is 0 Å². The van der Waals surface area contributed by atoms with Crippen LogP contribution in [0.2, 0.25) is 5.02 Å². The largest absolute Gasteiger partial charge is 0.382 e. The summed E-state index contributed by atoms with van der Waals surface area (Å²) in [6.45, 7) is 4.84. The number of aromatic nitrogens is 1. The van der Waals surface area contributed by atoms with Crippen LogP contribution in [0.25, 0.3) is 0 Å². The van der Waals surface area contributed by atoms with Crippen molar-refractivity contribution >= 4 is 33.1 Å². The van der Waals surface area contributed by atoms with E-state index in [1.54, 1.807) is 18.3 Å². The monoisotopic (exact) mass is 452 g/mol. The van der Waals surface area contributed by atoms with E-state index in [0.29, 0.717) is 12.2 Å². The van der Waals surface area contributed by atoms with E-state index >= 15 is 0 Å². The van der Waals surface area contributed by atoms with Gasteiger partial charge in [-0.05, 0) is 69.0 Å². The fourth-order valence-electron chi connectivity index (χ4n) is 4.53. The van der Waals surface area contributed by atoms with Gasteiger partial charge in [-0.3, -0.25) is 9.62 Å². The van der Waals surface area contributed by atoms with Crippen LogP contribution in [0.1, 0.15) is 38.2 Å². The fourth-order valence-corrected chi connectivity index (χ4v) is 5.92. The molecule has 1 aromatic heterocycles. The van der Waals surface area contributed by atoms with Crippen molar-refractivity contribution in [1.82, 2.24) is 9.88 Å². The Kier molecular flexibility index (Phi) is 5.92. The van der Waals surface area contributed by atoms with Crippen LogP contribution in [0.4, 0.5) is 15.9 Å². The normalized spacial score (nSPS) is 18.4. The lowest BCUT2D eigenvalue weighted by Crippen LogP contribution is -2.44. The van der Waals surface area contributed by atoms with Crippen LogP contribution in [-0.4, -0.2) is 43.5 Å². The van der Waals surface area contributed by atoms with E-state index in [9.17, 15) is 12.8 Å². The molecule has 0 amide bonds. The Bertz CT molecular complexity index is 1020. The zero-order valence-electron chi connectivity index (χ0n) is 16.9. The quantitative estimate of drug-likeness (QED) is 0.656. The van der Waals surface area contributed by atoms with Crippen molar-refractivity contribution in [3.05, 3.63) is 46.9 Å². The molecule has 30 heavy (non-hydrogen) atoms. The highest BCUT2D eigenvalue weighted by atomic mass is 35.5. The SMILES string of the molecule is CCc1ccc(NS(=O)(=O)c2cc(Cl)c(NCC34CCCN3CCC4)cc2F)nc1. The second-order valence-electron chi connectivity index (χ2n) is 8.05. The number of nitrogens with zero attached hydrogens (tertiary/aromatic N) is 2. The van der Waals surface area contributed by atoms with E-state index in [4.69, 9.17) is 11.6 Å². The Morgan fingerprint density at radius 1 is 1.23 bits per heavy atom. The lowest BCUT2D eigenvalue weighted by atomic mass is 9.94. The smallest absolute Gasteiger partial charge is 0.266 e. The first-order chi connectivity index (χ1) is 14.3. The minimum atomic E-state index is -4.16. The molecule has 9 heteroatoms. The third-order valence-electron chi connectivity index (χ3n) is 6.20. The topological polar surface area (TPSA) is 74.3 Å². The minimum Gasteiger partial charge on any atom is -0.382 e. The second kappa shape index (κ2) is 8.32. The second-order valence-corrected chi connectivity index (χ2v) is 10.1. The molecule has 4 rings (SSSR count). The molecule has 0 radical (unpaired) electrons. The number of halogens is 2. The number of pyridine rings is 1. The predicted molar refractivity (Wildman–Crippen MR) is 117 cm³/mol. The molecule has 0 unspecified atom stereocenters. The van der Waals surface area contributed by atoms with Crippen LogP contribution in [0.3, 0.4) is 0 Å². The van der Waals surface area contributed by atoms with Crippen molar-refractivity contribution in [3.8, 4) is 0 Å². The molecule has 0 saturated carbocycles. The van der Waals surface area contributed by atoms with Gasteiger partial charge in [-0.25, -0.2) is 17.8 Å². The van der Waals surface area contributed by atoms with E-state index in [2.05, 4.69) is 19.9 Å². The van der Waals surface area contributed by atoms with E-state index in [0.717, 1.165) is 50.0 Å². The number of nitrogens with one attached hydrogen (secondary N) is 2. The summed E-state index contributed by atoms with van der Waals surface area (Å²) in [5.74, 6) is -0.724. The molecule has 1 aromatic carbocycles.